The molecule has 0 amide bonds. The smallest absolute Gasteiger partial charge is 0.419 e. The maximum Gasteiger partial charge on any atom is 0.419 e. The quantitative estimate of drug-likeness (QED) is 0.780. The molecule has 6 nitrogen and oxygen atoms in total. The van der Waals surface area contributed by atoms with Crippen LogP contribution in [0.4, 0.5) is 4.79 Å². The molecule has 0 saturated carbocycles. The fourth-order valence-corrected chi connectivity index (χ4v) is 4.50. The van der Waals surface area contributed by atoms with E-state index >= 15 is 0 Å². The molecule has 0 aliphatic carbocycles. The van der Waals surface area contributed by atoms with Crippen LogP contribution in [-0.4, -0.2) is 41.3 Å². The Kier molecular flexibility index (Phi) is 4.20. The molecule has 0 N–H and O–H groups in total. The van der Waals surface area contributed by atoms with E-state index in [0.717, 1.165) is 16.5 Å². The number of hydrogen-bond acceptors (Lipinski definition) is 4. The summed E-state index contributed by atoms with van der Waals surface area (Å²) in [6, 6.07) is 7.48. The Morgan fingerprint density at radius 3 is 2.48 bits per heavy atom. The number of fused-ring (bicyclic) bond motifs is 3. The van der Waals surface area contributed by atoms with Gasteiger partial charge in [-0.2, -0.15) is 4.31 Å². The first-order chi connectivity index (χ1) is 11.5. The lowest BCUT2D eigenvalue weighted by Gasteiger charge is -2.32. The molecule has 1 aliphatic heterocycles. The maximum absolute atomic E-state index is 12.8. The van der Waals surface area contributed by atoms with Crippen LogP contribution in [0.3, 0.4) is 0 Å². The molecule has 1 aromatic carbocycles. The van der Waals surface area contributed by atoms with Crippen molar-refractivity contribution in [1.82, 2.24) is 8.87 Å². The highest BCUT2D eigenvalue weighted by Gasteiger charge is 2.35. The first-order valence-electron chi connectivity index (χ1n) is 8.30. The topological polar surface area (TPSA) is 68.6 Å². The zero-order chi connectivity index (χ0) is 18.6. The zero-order valence-corrected chi connectivity index (χ0v) is 16.1. The number of rotatable bonds is 1. The lowest BCUT2D eigenvalue weighted by atomic mass is 10.00. The second kappa shape index (κ2) is 5.85. The standard InChI is InChI=1S/C18H24N2O4S/c1-12-10-14-13-8-6-7-9-15(13)20(17(21)24-18(2,3)4)16(14)11-19(12)25(5,22)23/h6-9,12H,10-11H2,1-5H3. The van der Waals surface area contributed by atoms with Gasteiger partial charge in [0.15, 0.2) is 0 Å². The van der Waals surface area contributed by atoms with Crippen LogP contribution < -0.4 is 0 Å². The normalized spacial score (nSPS) is 19.0. The summed E-state index contributed by atoms with van der Waals surface area (Å²) in [5.74, 6) is 0. The zero-order valence-electron chi connectivity index (χ0n) is 15.2. The van der Waals surface area contributed by atoms with Gasteiger partial charge in [-0.25, -0.2) is 17.8 Å². The number of para-hydroxylation sites is 1. The van der Waals surface area contributed by atoms with Gasteiger partial charge in [0, 0.05) is 17.1 Å². The number of benzene rings is 1. The highest BCUT2D eigenvalue weighted by Crippen LogP contribution is 2.34. The first-order valence-corrected chi connectivity index (χ1v) is 10.2. The maximum atomic E-state index is 12.8. The van der Waals surface area contributed by atoms with Crippen LogP contribution in [-0.2, 0) is 27.7 Å². The largest absolute Gasteiger partial charge is 0.443 e. The number of ether oxygens (including phenoxy) is 1. The number of nitrogens with zero attached hydrogens (tertiary/aromatic N) is 2. The average Bonchev–Trinajstić information content (AvgIpc) is 2.77. The van der Waals surface area contributed by atoms with Gasteiger partial charge in [0.25, 0.3) is 0 Å². The van der Waals surface area contributed by atoms with E-state index in [9.17, 15) is 13.2 Å². The molecule has 136 valence electrons. The van der Waals surface area contributed by atoms with Crippen molar-refractivity contribution in [3.05, 3.63) is 35.5 Å². The van der Waals surface area contributed by atoms with Gasteiger partial charge < -0.3 is 4.74 Å². The summed E-state index contributed by atoms with van der Waals surface area (Å²) in [7, 11) is -3.36. The number of carbonyl (C=O) groups is 1. The van der Waals surface area contributed by atoms with Crippen LogP contribution in [0.25, 0.3) is 10.9 Å². The molecule has 0 spiro atoms. The summed E-state index contributed by atoms with van der Waals surface area (Å²) in [4.78, 5) is 12.8. The van der Waals surface area contributed by atoms with E-state index in [1.54, 1.807) is 0 Å². The minimum absolute atomic E-state index is 0.152. The van der Waals surface area contributed by atoms with Gasteiger partial charge in [-0.3, -0.25) is 0 Å². The van der Waals surface area contributed by atoms with Gasteiger partial charge in [0.2, 0.25) is 10.0 Å². The summed E-state index contributed by atoms with van der Waals surface area (Å²) in [6.07, 6.45) is 1.29. The van der Waals surface area contributed by atoms with E-state index in [2.05, 4.69) is 0 Å². The summed E-state index contributed by atoms with van der Waals surface area (Å²) >= 11 is 0. The second-order valence-electron chi connectivity index (χ2n) is 7.62. The van der Waals surface area contributed by atoms with E-state index in [1.807, 2.05) is 52.0 Å². The molecule has 1 aromatic heterocycles. The molecule has 0 saturated heterocycles. The first kappa shape index (κ1) is 17.9. The van der Waals surface area contributed by atoms with Gasteiger partial charge in [0.05, 0.1) is 18.3 Å². The molecule has 1 unspecified atom stereocenters. The van der Waals surface area contributed by atoms with Crippen molar-refractivity contribution in [3.63, 3.8) is 0 Å². The van der Waals surface area contributed by atoms with E-state index in [1.165, 1.54) is 15.1 Å². The van der Waals surface area contributed by atoms with Crippen LogP contribution in [0.2, 0.25) is 0 Å². The molecule has 1 atom stereocenters. The van der Waals surface area contributed by atoms with Crippen molar-refractivity contribution in [3.8, 4) is 0 Å². The Morgan fingerprint density at radius 1 is 1.24 bits per heavy atom. The van der Waals surface area contributed by atoms with Crippen molar-refractivity contribution in [2.75, 3.05) is 6.26 Å². The van der Waals surface area contributed by atoms with Crippen LogP contribution in [0.1, 0.15) is 39.0 Å². The minimum atomic E-state index is -3.36. The van der Waals surface area contributed by atoms with E-state index in [0.29, 0.717) is 12.1 Å². The second-order valence-corrected chi connectivity index (χ2v) is 9.55. The highest BCUT2D eigenvalue weighted by atomic mass is 32.2. The van der Waals surface area contributed by atoms with E-state index in [4.69, 9.17) is 4.74 Å². The molecule has 25 heavy (non-hydrogen) atoms. The molecule has 2 aromatic rings. The third kappa shape index (κ3) is 3.30. The van der Waals surface area contributed by atoms with Gasteiger partial charge in [-0.05, 0) is 45.7 Å². The Bertz CT molecular complexity index is 938. The molecule has 2 heterocycles. The number of carbonyl (C=O) groups excluding carboxylic acids is 1. The summed E-state index contributed by atoms with van der Waals surface area (Å²) in [6.45, 7) is 7.50. The molecule has 7 heteroatoms. The SMILES string of the molecule is CC1Cc2c(n(C(=O)OC(C)(C)C)c3ccccc23)CN1S(C)(=O)=O. The summed E-state index contributed by atoms with van der Waals surface area (Å²) in [5.41, 5.74) is 1.84. The van der Waals surface area contributed by atoms with Gasteiger partial charge in [-0.15, -0.1) is 0 Å². The summed E-state index contributed by atoms with van der Waals surface area (Å²) < 4.78 is 32.8. The van der Waals surface area contributed by atoms with Crippen molar-refractivity contribution in [2.24, 2.45) is 0 Å². The third-order valence-electron chi connectivity index (χ3n) is 4.39. The number of aromatic nitrogens is 1. The molecular weight excluding hydrogens is 340 g/mol. The van der Waals surface area contributed by atoms with Crippen LogP contribution >= 0.6 is 0 Å². The van der Waals surface area contributed by atoms with E-state index < -0.39 is 21.7 Å². The van der Waals surface area contributed by atoms with Crippen molar-refractivity contribution >= 4 is 27.0 Å². The van der Waals surface area contributed by atoms with E-state index in [-0.39, 0.29) is 12.6 Å². The lowest BCUT2D eigenvalue weighted by Crippen LogP contribution is -2.43. The third-order valence-corrected chi connectivity index (χ3v) is 5.73. The fraction of sp³-hybridized carbons (Fsp3) is 0.500. The van der Waals surface area contributed by atoms with Gasteiger partial charge >= 0.3 is 6.09 Å². The lowest BCUT2D eigenvalue weighted by molar-refractivity contribution is 0.0535. The molecule has 3 rings (SSSR count). The number of hydrogen-bond donors (Lipinski definition) is 0. The predicted molar refractivity (Wildman–Crippen MR) is 97.1 cm³/mol. The molecule has 1 aliphatic rings. The molecule has 0 fully saturated rings. The van der Waals surface area contributed by atoms with Gasteiger partial charge in [-0.1, -0.05) is 18.2 Å². The predicted octanol–water partition coefficient (Wildman–Crippen LogP) is 3.13. The Labute approximate surface area is 148 Å². The average molecular weight is 364 g/mol. The Balaban J connectivity index is 2.20. The van der Waals surface area contributed by atoms with Crippen LogP contribution in [0.5, 0.6) is 0 Å². The Hall–Kier alpha value is -1.86. The highest BCUT2D eigenvalue weighted by molar-refractivity contribution is 7.88. The van der Waals surface area contributed by atoms with Crippen LogP contribution in [0, 0.1) is 0 Å². The summed E-state index contributed by atoms with van der Waals surface area (Å²) in [5, 5.41) is 0.975. The minimum Gasteiger partial charge on any atom is -0.443 e. The van der Waals surface area contributed by atoms with Crippen molar-refractivity contribution < 1.29 is 17.9 Å². The van der Waals surface area contributed by atoms with Gasteiger partial charge in [0.1, 0.15) is 5.60 Å². The Morgan fingerprint density at radius 2 is 1.88 bits per heavy atom. The molecule has 0 bridgehead atoms. The van der Waals surface area contributed by atoms with Crippen LogP contribution in [0.15, 0.2) is 24.3 Å². The van der Waals surface area contributed by atoms with Crippen molar-refractivity contribution in [2.45, 2.75) is 52.3 Å². The monoisotopic (exact) mass is 364 g/mol. The molecular formula is C18H24N2O4S. The number of sulfonamides is 1. The molecule has 0 radical (unpaired) electrons. The van der Waals surface area contributed by atoms with Crippen molar-refractivity contribution in [1.29, 1.82) is 0 Å². The fourth-order valence-electron chi connectivity index (χ4n) is 3.41.